The summed E-state index contributed by atoms with van der Waals surface area (Å²) < 4.78 is 62.5. The van der Waals surface area contributed by atoms with Crippen molar-refractivity contribution >= 4 is 45.3 Å². The van der Waals surface area contributed by atoms with Gasteiger partial charge in [0.05, 0.1) is 23.7 Å². The molecule has 0 fully saturated rings. The molecule has 1 atom stereocenters. The molecule has 4 aromatic carbocycles. The number of rotatable bonds is 17. The summed E-state index contributed by atoms with van der Waals surface area (Å²) in [5.41, 5.74) is 3.41. The Bertz CT molecular complexity index is 2170. The molecule has 1 unspecified atom stereocenters. The van der Waals surface area contributed by atoms with Gasteiger partial charge in [0.2, 0.25) is 5.91 Å². The van der Waals surface area contributed by atoms with Crippen LogP contribution in [-0.2, 0) is 30.9 Å². The molecule has 310 valence electrons. The van der Waals surface area contributed by atoms with Gasteiger partial charge in [0.15, 0.2) is 0 Å². The Hall–Kier alpha value is -5.83. The predicted octanol–water partition coefficient (Wildman–Crippen LogP) is 8.66. The molecule has 0 aliphatic heterocycles. The first-order valence-corrected chi connectivity index (χ1v) is 20.6. The molecule has 0 aliphatic rings. The number of hydrogen-bond acceptors (Lipinski definition) is 7. The van der Waals surface area contributed by atoms with E-state index in [0.29, 0.717) is 41.3 Å². The summed E-state index contributed by atoms with van der Waals surface area (Å²) in [7, 11) is -4.38. The van der Waals surface area contributed by atoms with Gasteiger partial charge in [-0.05, 0) is 65.6 Å². The third kappa shape index (κ3) is 11.9. The molecule has 15 heteroatoms. The second-order valence-corrected chi connectivity index (χ2v) is 15.9. The highest BCUT2D eigenvalue weighted by molar-refractivity contribution is 7.90. The van der Waals surface area contributed by atoms with Crippen LogP contribution in [0.25, 0.3) is 11.1 Å². The molecule has 58 heavy (non-hydrogen) atoms. The third-order valence-corrected chi connectivity index (χ3v) is 10.7. The molecule has 0 spiro atoms. The second kappa shape index (κ2) is 20.5. The van der Waals surface area contributed by atoms with E-state index in [9.17, 15) is 36.4 Å². The average Bonchev–Trinajstić information content (AvgIpc) is 3.17. The highest BCUT2D eigenvalue weighted by atomic mass is 32.2. The van der Waals surface area contributed by atoms with Gasteiger partial charge < -0.3 is 25.6 Å². The Labute approximate surface area is 338 Å². The van der Waals surface area contributed by atoms with E-state index in [1.807, 2.05) is 52.8 Å². The van der Waals surface area contributed by atoms with E-state index in [4.69, 9.17) is 4.74 Å². The number of sulfonamides is 1. The standard InChI is InChI=1S/C43H51F2N5O7S/c1-7-9-17-39(51)50(37(41(52)57-8-2)25-46-42(53)47-36-23-22-31(44)24-35(36)45)26-29-18-20-30(21-19-29)34-13-10-11-16-38(34)58(55,56)49-43(54)48-40-32(27(3)4)14-12-15-33(40)28(5)6/h10-16,18-24,27-28,37H,7-9,17,25-26H2,1-6H3,(H2,46,47,53)(H2,48,49,54). The lowest BCUT2D eigenvalue weighted by molar-refractivity contribution is -0.155. The van der Waals surface area contributed by atoms with Crippen LogP contribution in [0.15, 0.2) is 89.8 Å². The van der Waals surface area contributed by atoms with Crippen LogP contribution in [0.5, 0.6) is 0 Å². The molecule has 4 N–H and O–H groups in total. The van der Waals surface area contributed by atoms with Crippen molar-refractivity contribution in [1.29, 1.82) is 0 Å². The maximum absolute atomic E-state index is 14.2. The monoisotopic (exact) mass is 819 g/mol. The summed E-state index contributed by atoms with van der Waals surface area (Å²) in [6.45, 7) is 11.0. The molecule has 4 rings (SSSR count). The van der Waals surface area contributed by atoms with Crippen LogP contribution < -0.4 is 20.7 Å². The van der Waals surface area contributed by atoms with E-state index in [2.05, 4.69) is 20.7 Å². The normalized spacial score (nSPS) is 11.8. The van der Waals surface area contributed by atoms with Crippen LogP contribution in [0.2, 0.25) is 0 Å². The molecule has 0 bridgehead atoms. The van der Waals surface area contributed by atoms with Gasteiger partial charge in [-0.15, -0.1) is 0 Å². The first-order valence-electron chi connectivity index (χ1n) is 19.2. The van der Waals surface area contributed by atoms with Gasteiger partial charge in [-0.25, -0.2) is 36.3 Å². The zero-order chi connectivity index (χ0) is 42.6. The Morgan fingerprint density at radius 1 is 0.793 bits per heavy atom. The van der Waals surface area contributed by atoms with Crippen molar-refractivity contribution in [3.8, 4) is 11.1 Å². The zero-order valence-corrected chi connectivity index (χ0v) is 34.3. The van der Waals surface area contributed by atoms with Crippen LogP contribution >= 0.6 is 0 Å². The third-order valence-electron chi connectivity index (χ3n) is 9.27. The number of halogens is 2. The minimum atomic E-state index is -4.38. The maximum atomic E-state index is 14.2. The molecular formula is C43H51F2N5O7S. The molecular weight excluding hydrogens is 769 g/mol. The number of esters is 1. The van der Waals surface area contributed by atoms with E-state index >= 15 is 0 Å². The molecule has 0 saturated heterocycles. The van der Waals surface area contributed by atoms with Crippen molar-refractivity contribution in [1.82, 2.24) is 14.9 Å². The number of ether oxygens (including phenoxy) is 1. The number of benzene rings is 4. The largest absolute Gasteiger partial charge is 0.464 e. The van der Waals surface area contributed by atoms with Gasteiger partial charge >= 0.3 is 18.0 Å². The van der Waals surface area contributed by atoms with Gasteiger partial charge in [0.25, 0.3) is 10.0 Å². The number of anilines is 2. The number of carbonyl (C=O) groups is 4. The lowest BCUT2D eigenvalue weighted by Gasteiger charge is -2.31. The smallest absolute Gasteiger partial charge is 0.333 e. The van der Waals surface area contributed by atoms with Crippen molar-refractivity contribution in [2.45, 2.75) is 90.1 Å². The van der Waals surface area contributed by atoms with Crippen LogP contribution in [-0.4, -0.2) is 56.4 Å². The Kier molecular flexibility index (Phi) is 15.9. The molecule has 12 nitrogen and oxygen atoms in total. The second-order valence-electron chi connectivity index (χ2n) is 14.2. The zero-order valence-electron chi connectivity index (χ0n) is 33.5. The highest BCUT2D eigenvalue weighted by Gasteiger charge is 2.32. The van der Waals surface area contributed by atoms with Crippen molar-refractivity contribution in [2.24, 2.45) is 0 Å². The van der Waals surface area contributed by atoms with E-state index in [0.717, 1.165) is 23.3 Å². The van der Waals surface area contributed by atoms with E-state index in [1.54, 1.807) is 49.4 Å². The fraction of sp³-hybridized carbons (Fsp3) is 0.349. The van der Waals surface area contributed by atoms with Crippen molar-refractivity contribution < 1.29 is 41.1 Å². The number of amides is 5. The van der Waals surface area contributed by atoms with Gasteiger partial charge in [-0.3, -0.25) is 4.79 Å². The first kappa shape index (κ1) is 44.9. The maximum Gasteiger partial charge on any atom is 0.333 e. The highest BCUT2D eigenvalue weighted by Crippen LogP contribution is 2.33. The number of para-hydroxylation sites is 1. The molecule has 0 aromatic heterocycles. The predicted molar refractivity (Wildman–Crippen MR) is 220 cm³/mol. The average molecular weight is 820 g/mol. The SMILES string of the molecule is CCCCC(=O)N(Cc1ccc(-c2ccccc2S(=O)(=O)NC(=O)Nc2c(C(C)C)cccc2C(C)C)cc1)C(CNC(=O)Nc1ccc(F)cc1F)C(=O)OCC. The summed E-state index contributed by atoms with van der Waals surface area (Å²) >= 11 is 0. The summed E-state index contributed by atoms with van der Waals surface area (Å²) in [5, 5.41) is 7.54. The number of unbranched alkanes of at least 4 members (excludes halogenated alkanes) is 1. The number of carbonyl (C=O) groups excluding carboxylic acids is 4. The van der Waals surface area contributed by atoms with E-state index in [1.165, 1.54) is 11.0 Å². The first-order chi connectivity index (χ1) is 27.6. The molecule has 5 amide bonds. The van der Waals surface area contributed by atoms with E-state index < -0.39 is 52.3 Å². The Balaban J connectivity index is 1.57. The van der Waals surface area contributed by atoms with E-state index in [-0.39, 0.29) is 47.9 Å². The number of hydrogen-bond donors (Lipinski definition) is 4. The quantitative estimate of drug-likeness (QED) is 0.0775. The minimum Gasteiger partial charge on any atom is -0.464 e. The molecule has 0 radical (unpaired) electrons. The van der Waals surface area contributed by atoms with Gasteiger partial charge in [-0.1, -0.05) is 102 Å². The Morgan fingerprint density at radius 2 is 1.45 bits per heavy atom. The number of nitrogens with zero attached hydrogens (tertiary/aromatic N) is 1. The number of urea groups is 2. The molecule has 4 aromatic rings. The van der Waals surface area contributed by atoms with Crippen LogP contribution in [0.4, 0.5) is 29.7 Å². The van der Waals surface area contributed by atoms with Crippen LogP contribution in [0.3, 0.4) is 0 Å². The summed E-state index contributed by atoms with van der Waals surface area (Å²) in [4.78, 5) is 54.1. The minimum absolute atomic E-state index is 0.00292. The molecule has 0 saturated carbocycles. The van der Waals surface area contributed by atoms with Gasteiger partial charge in [-0.2, -0.15) is 0 Å². The van der Waals surface area contributed by atoms with Gasteiger partial charge in [0.1, 0.15) is 17.7 Å². The lowest BCUT2D eigenvalue weighted by Crippen LogP contribution is -2.52. The Morgan fingerprint density at radius 3 is 2.05 bits per heavy atom. The van der Waals surface area contributed by atoms with Crippen molar-refractivity contribution in [2.75, 3.05) is 23.8 Å². The lowest BCUT2D eigenvalue weighted by atomic mass is 9.93. The molecule has 0 heterocycles. The summed E-state index contributed by atoms with van der Waals surface area (Å²) in [6, 6.07) is 18.2. The summed E-state index contributed by atoms with van der Waals surface area (Å²) in [5.74, 6) is -2.85. The van der Waals surface area contributed by atoms with Crippen LogP contribution in [0.1, 0.15) is 89.3 Å². The van der Waals surface area contributed by atoms with Gasteiger partial charge in [0, 0.05) is 30.3 Å². The summed E-state index contributed by atoms with van der Waals surface area (Å²) in [6.07, 6.45) is 1.33. The fourth-order valence-electron chi connectivity index (χ4n) is 6.29. The van der Waals surface area contributed by atoms with Crippen molar-refractivity contribution in [3.05, 3.63) is 113 Å². The topological polar surface area (TPSA) is 163 Å². The fourth-order valence-corrected chi connectivity index (χ4v) is 7.43. The van der Waals surface area contributed by atoms with Crippen LogP contribution in [0, 0.1) is 11.6 Å². The van der Waals surface area contributed by atoms with Crippen molar-refractivity contribution in [3.63, 3.8) is 0 Å². The molecule has 0 aliphatic carbocycles. The number of nitrogens with one attached hydrogen (secondary N) is 4.